The van der Waals surface area contributed by atoms with E-state index in [1.807, 2.05) is 24.5 Å². The maximum absolute atomic E-state index is 5.98. The molecule has 90 valence electrons. The van der Waals surface area contributed by atoms with E-state index in [0.717, 1.165) is 30.6 Å². The van der Waals surface area contributed by atoms with Crippen molar-refractivity contribution in [2.75, 3.05) is 23.7 Å². The van der Waals surface area contributed by atoms with Gasteiger partial charge in [-0.05, 0) is 31.5 Å². The second-order valence-electron chi connectivity index (χ2n) is 4.17. The number of rotatable bonds is 4. The first kappa shape index (κ1) is 11.7. The zero-order chi connectivity index (χ0) is 12.3. The van der Waals surface area contributed by atoms with Gasteiger partial charge in [0.25, 0.3) is 0 Å². The molecule has 2 aromatic rings. The van der Waals surface area contributed by atoms with Crippen LogP contribution in [-0.4, -0.2) is 18.1 Å². The molecule has 17 heavy (non-hydrogen) atoms. The Bertz CT molecular complexity index is 508. The lowest BCUT2D eigenvalue weighted by Crippen LogP contribution is -2.23. The average Bonchev–Trinajstić information content (AvgIpc) is 2.37. The van der Waals surface area contributed by atoms with Crippen LogP contribution in [0.2, 0.25) is 0 Å². The largest absolute Gasteiger partial charge is 0.398 e. The van der Waals surface area contributed by atoms with Gasteiger partial charge in [-0.2, -0.15) is 0 Å². The normalized spacial score (nSPS) is 10.7. The molecule has 1 aromatic heterocycles. The van der Waals surface area contributed by atoms with E-state index in [4.69, 9.17) is 5.73 Å². The molecule has 0 radical (unpaired) electrons. The Morgan fingerprint density at radius 2 is 2.00 bits per heavy atom. The van der Waals surface area contributed by atoms with Gasteiger partial charge in [-0.1, -0.05) is 6.92 Å². The summed E-state index contributed by atoms with van der Waals surface area (Å²) in [6.45, 7) is 6.45. The molecule has 0 atom stereocenters. The Balaban J connectivity index is 2.57. The number of aromatic nitrogens is 1. The van der Waals surface area contributed by atoms with Crippen molar-refractivity contribution in [2.45, 2.75) is 20.3 Å². The molecule has 0 saturated heterocycles. The fourth-order valence-electron chi connectivity index (χ4n) is 2.19. The summed E-state index contributed by atoms with van der Waals surface area (Å²) in [5, 5.41) is 2.23. The van der Waals surface area contributed by atoms with Crippen LogP contribution in [0, 0.1) is 0 Å². The summed E-state index contributed by atoms with van der Waals surface area (Å²) in [6, 6.07) is 6.12. The van der Waals surface area contributed by atoms with Crippen LogP contribution in [0.1, 0.15) is 20.3 Å². The van der Waals surface area contributed by atoms with Crippen molar-refractivity contribution in [3.8, 4) is 0 Å². The minimum absolute atomic E-state index is 0.796. The molecule has 0 spiro atoms. The van der Waals surface area contributed by atoms with Crippen LogP contribution in [0.25, 0.3) is 10.8 Å². The second kappa shape index (κ2) is 5.04. The van der Waals surface area contributed by atoms with Gasteiger partial charge in [0.2, 0.25) is 0 Å². The Morgan fingerprint density at radius 1 is 1.18 bits per heavy atom. The number of anilines is 2. The summed E-state index contributed by atoms with van der Waals surface area (Å²) >= 11 is 0. The Morgan fingerprint density at radius 3 is 2.71 bits per heavy atom. The van der Waals surface area contributed by atoms with Gasteiger partial charge in [0.1, 0.15) is 0 Å². The van der Waals surface area contributed by atoms with Gasteiger partial charge in [0.15, 0.2) is 0 Å². The van der Waals surface area contributed by atoms with Gasteiger partial charge < -0.3 is 10.6 Å². The fourth-order valence-corrected chi connectivity index (χ4v) is 2.19. The maximum atomic E-state index is 5.98. The highest BCUT2D eigenvalue weighted by atomic mass is 15.1. The van der Waals surface area contributed by atoms with Crippen LogP contribution >= 0.6 is 0 Å². The van der Waals surface area contributed by atoms with Gasteiger partial charge in [-0.25, -0.2) is 0 Å². The molecule has 0 aliphatic heterocycles. The van der Waals surface area contributed by atoms with Crippen molar-refractivity contribution < 1.29 is 0 Å². The number of nitrogens with two attached hydrogens (primary N) is 1. The lowest BCUT2D eigenvalue weighted by molar-refractivity contribution is 0.795. The molecule has 0 aliphatic carbocycles. The van der Waals surface area contributed by atoms with E-state index in [-0.39, 0.29) is 0 Å². The molecule has 0 bridgehead atoms. The number of fused-ring (bicyclic) bond motifs is 1. The maximum Gasteiger partial charge on any atom is 0.0448 e. The highest BCUT2D eigenvalue weighted by molar-refractivity contribution is 6.00. The molecule has 3 heteroatoms. The first-order chi connectivity index (χ1) is 8.27. The van der Waals surface area contributed by atoms with Gasteiger partial charge in [-0.15, -0.1) is 0 Å². The molecule has 0 fully saturated rings. The van der Waals surface area contributed by atoms with E-state index in [1.165, 1.54) is 11.1 Å². The van der Waals surface area contributed by atoms with Crippen molar-refractivity contribution in [3.05, 3.63) is 30.6 Å². The van der Waals surface area contributed by atoms with Gasteiger partial charge in [-0.3, -0.25) is 4.98 Å². The third kappa shape index (κ3) is 2.18. The first-order valence-corrected chi connectivity index (χ1v) is 6.15. The molecule has 0 unspecified atom stereocenters. The zero-order valence-electron chi connectivity index (χ0n) is 10.5. The number of nitrogen functional groups attached to an aromatic ring is 1. The Hall–Kier alpha value is -1.77. The lowest BCUT2D eigenvalue weighted by atomic mass is 10.1. The van der Waals surface area contributed by atoms with E-state index in [9.17, 15) is 0 Å². The van der Waals surface area contributed by atoms with E-state index < -0.39 is 0 Å². The lowest BCUT2D eigenvalue weighted by Gasteiger charge is -2.24. The Kier molecular flexibility index (Phi) is 3.47. The summed E-state index contributed by atoms with van der Waals surface area (Å²) in [6.07, 6.45) is 4.81. The smallest absolute Gasteiger partial charge is 0.0448 e. The van der Waals surface area contributed by atoms with Crippen molar-refractivity contribution in [1.82, 2.24) is 4.98 Å². The molecule has 2 rings (SSSR count). The molecular formula is C14H19N3. The van der Waals surface area contributed by atoms with Crippen LogP contribution in [0.15, 0.2) is 30.6 Å². The number of pyridine rings is 1. The highest BCUT2D eigenvalue weighted by Crippen LogP contribution is 2.30. The molecule has 0 aliphatic rings. The fraction of sp³-hybridized carbons (Fsp3) is 0.357. The summed E-state index contributed by atoms with van der Waals surface area (Å²) in [5.41, 5.74) is 8.03. The van der Waals surface area contributed by atoms with Gasteiger partial charge in [0.05, 0.1) is 0 Å². The minimum atomic E-state index is 0.796. The topological polar surface area (TPSA) is 42.1 Å². The number of benzene rings is 1. The number of hydrogen-bond acceptors (Lipinski definition) is 3. The van der Waals surface area contributed by atoms with Crippen LogP contribution in [0.3, 0.4) is 0 Å². The van der Waals surface area contributed by atoms with E-state index in [2.05, 4.69) is 29.8 Å². The molecule has 0 saturated carbocycles. The first-order valence-electron chi connectivity index (χ1n) is 6.15. The molecule has 1 heterocycles. The van der Waals surface area contributed by atoms with Crippen molar-refractivity contribution in [3.63, 3.8) is 0 Å². The van der Waals surface area contributed by atoms with Crippen molar-refractivity contribution in [1.29, 1.82) is 0 Å². The monoisotopic (exact) mass is 229 g/mol. The third-order valence-electron chi connectivity index (χ3n) is 3.04. The van der Waals surface area contributed by atoms with E-state index in [0.29, 0.717) is 0 Å². The predicted molar refractivity (Wildman–Crippen MR) is 74.3 cm³/mol. The third-order valence-corrected chi connectivity index (χ3v) is 3.04. The molecular weight excluding hydrogens is 210 g/mol. The summed E-state index contributed by atoms with van der Waals surface area (Å²) in [4.78, 5) is 6.52. The molecule has 2 N–H and O–H groups in total. The summed E-state index contributed by atoms with van der Waals surface area (Å²) in [7, 11) is 0. The van der Waals surface area contributed by atoms with E-state index in [1.54, 1.807) is 0 Å². The standard InChI is InChI=1S/C14H19N3/c1-3-9-17(4-2)14-6-5-13(15)12-10-16-8-7-11(12)14/h5-8,10H,3-4,9,15H2,1-2H3. The van der Waals surface area contributed by atoms with E-state index >= 15 is 0 Å². The molecule has 3 nitrogen and oxygen atoms in total. The summed E-state index contributed by atoms with van der Waals surface area (Å²) < 4.78 is 0. The van der Waals surface area contributed by atoms with Crippen LogP contribution < -0.4 is 10.6 Å². The number of hydrogen-bond donors (Lipinski definition) is 1. The minimum Gasteiger partial charge on any atom is -0.398 e. The van der Waals surface area contributed by atoms with Crippen LogP contribution in [0.4, 0.5) is 11.4 Å². The van der Waals surface area contributed by atoms with Crippen molar-refractivity contribution in [2.24, 2.45) is 0 Å². The second-order valence-corrected chi connectivity index (χ2v) is 4.17. The zero-order valence-corrected chi connectivity index (χ0v) is 10.5. The van der Waals surface area contributed by atoms with Gasteiger partial charge >= 0.3 is 0 Å². The SMILES string of the molecule is CCCN(CC)c1ccc(N)c2cnccc12. The Labute approximate surface area is 102 Å². The number of nitrogens with zero attached hydrogens (tertiary/aromatic N) is 2. The van der Waals surface area contributed by atoms with Gasteiger partial charge in [0, 0.05) is 47.6 Å². The predicted octanol–water partition coefficient (Wildman–Crippen LogP) is 3.05. The highest BCUT2D eigenvalue weighted by Gasteiger charge is 2.09. The van der Waals surface area contributed by atoms with Crippen LogP contribution in [0.5, 0.6) is 0 Å². The molecule has 1 aromatic carbocycles. The molecule has 0 amide bonds. The quantitative estimate of drug-likeness (QED) is 0.819. The average molecular weight is 229 g/mol. The summed E-state index contributed by atoms with van der Waals surface area (Å²) in [5.74, 6) is 0. The van der Waals surface area contributed by atoms with Crippen molar-refractivity contribution >= 4 is 22.1 Å². The van der Waals surface area contributed by atoms with Crippen LogP contribution in [-0.2, 0) is 0 Å².